The number of amides is 2. The van der Waals surface area contributed by atoms with Crippen molar-refractivity contribution in [3.8, 4) is 17.1 Å². The maximum Gasteiger partial charge on any atom is 0.269 e. The van der Waals surface area contributed by atoms with Crippen LogP contribution in [0, 0.1) is 0 Å². The average molecular weight is 473 g/mol. The second-order valence-electron chi connectivity index (χ2n) is 7.42. The molecule has 0 spiro atoms. The van der Waals surface area contributed by atoms with E-state index in [0.717, 1.165) is 16.9 Å². The number of carbonyl (C=O) groups excluding carboxylic acids is 2. The van der Waals surface area contributed by atoms with Crippen LogP contribution in [0.15, 0.2) is 84.9 Å². The lowest BCUT2D eigenvalue weighted by Gasteiger charge is -2.09. The third kappa shape index (κ3) is 7.21. The summed E-state index contributed by atoms with van der Waals surface area (Å²) in [6.45, 7) is 0.760. The van der Waals surface area contributed by atoms with Gasteiger partial charge in [0.15, 0.2) is 0 Å². The Hall–Kier alpha value is -4.57. The van der Waals surface area contributed by atoms with Crippen molar-refractivity contribution >= 4 is 11.8 Å². The molecule has 0 radical (unpaired) electrons. The van der Waals surface area contributed by atoms with Gasteiger partial charge in [0, 0.05) is 11.1 Å². The number of para-hydroxylation sites is 1. The number of hydrazine groups is 1. The minimum Gasteiger partial charge on any atom is -0.491 e. The number of hydrogen-bond acceptors (Lipinski definition) is 7. The highest BCUT2D eigenvalue weighted by atomic mass is 16.5. The van der Waals surface area contributed by atoms with Crippen LogP contribution in [-0.4, -0.2) is 51.8 Å². The molecule has 4 rings (SSSR count). The molecule has 0 aliphatic rings. The van der Waals surface area contributed by atoms with E-state index in [4.69, 9.17) is 9.47 Å². The van der Waals surface area contributed by atoms with E-state index in [1.165, 1.54) is 4.80 Å². The summed E-state index contributed by atoms with van der Waals surface area (Å²) in [6, 6.07) is 25.8. The van der Waals surface area contributed by atoms with E-state index in [1.54, 1.807) is 24.3 Å². The summed E-state index contributed by atoms with van der Waals surface area (Å²) in [6.07, 6.45) is 0. The van der Waals surface area contributed by atoms with Crippen molar-refractivity contribution in [1.82, 2.24) is 31.1 Å². The lowest BCUT2D eigenvalue weighted by molar-refractivity contribution is -0.126. The van der Waals surface area contributed by atoms with E-state index in [-0.39, 0.29) is 13.2 Å². The van der Waals surface area contributed by atoms with E-state index in [2.05, 4.69) is 26.3 Å². The number of rotatable bonds is 10. The monoisotopic (exact) mass is 472 g/mol. The summed E-state index contributed by atoms with van der Waals surface area (Å²) in [4.78, 5) is 25.6. The van der Waals surface area contributed by atoms with Crippen LogP contribution in [0.3, 0.4) is 0 Å². The molecular formula is C25H24N6O4. The number of carbonyl (C=O) groups is 2. The summed E-state index contributed by atoms with van der Waals surface area (Å²) in [7, 11) is 0. The number of benzene rings is 3. The first kappa shape index (κ1) is 23.6. The molecule has 10 nitrogen and oxygen atoms in total. The molecule has 0 bridgehead atoms. The maximum absolute atomic E-state index is 12.3. The molecule has 0 unspecified atom stereocenters. The Kier molecular flexibility index (Phi) is 8.12. The van der Waals surface area contributed by atoms with Gasteiger partial charge in [0.2, 0.25) is 5.82 Å². The van der Waals surface area contributed by atoms with Gasteiger partial charge in [-0.3, -0.25) is 20.4 Å². The van der Waals surface area contributed by atoms with Crippen LogP contribution in [0.5, 0.6) is 5.75 Å². The van der Waals surface area contributed by atoms with Crippen molar-refractivity contribution in [3.63, 3.8) is 0 Å². The molecule has 0 fully saturated rings. The number of ether oxygens (including phenoxy) is 2. The van der Waals surface area contributed by atoms with Crippen LogP contribution >= 0.6 is 0 Å². The molecule has 0 saturated heterocycles. The molecule has 10 heteroatoms. The highest BCUT2D eigenvalue weighted by Gasteiger charge is 2.09. The first-order chi connectivity index (χ1) is 17.2. The Bertz CT molecular complexity index is 1230. The molecule has 35 heavy (non-hydrogen) atoms. The number of aromatic nitrogens is 4. The van der Waals surface area contributed by atoms with Gasteiger partial charge in [0.1, 0.15) is 19.0 Å². The van der Waals surface area contributed by atoms with Crippen LogP contribution in [0.2, 0.25) is 0 Å². The Labute approximate surface area is 201 Å². The van der Waals surface area contributed by atoms with E-state index < -0.39 is 11.8 Å². The van der Waals surface area contributed by atoms with Crippen LogP contribution in [0.4, 0.5) is 0 Å². The Morgan fingerprint density at radius 1 is 0.829 bits per heavy atom. The fraction of sp³-hybridized carbons (Fsp3) is 0.160. The maximum atomic E-state index is 12.3. The Balaban J connectivity index is 1.16. The Morgan fingerprint density at radius 2 is 1.54 bits per heavy atom. The fourth-order valence-corrected chi connectivity index (χ4v) is 3.07. The van der Waals surface area contributed by atoms with Crippen molar-refractivity contribution in [3.05, 3.63) is 96.1 Å². The van der Waals surface area contributed by atoms with E-state index in [0.29, 0.717) is 24.5 Å². The first-order valence-corrected chi connectivity index (χ1v) is 10.9. The number of hydrogen-bond donors (Lipinski definition) is 2. The van der Waals surface area contributed by atoms with Gasteiger partial charge in [-0.05, 0) is 35.0 Å². The lowest BCUT2D eigenvalue weighted by Crippen LogP contribution is -2.43. The Morgan fingerprint density at radius 3 is 2.29 bits per heavy atom. The largest absolute Gasteiger partial charge is 0.491 e. The molecule has 4 aromatic rings. The lowest BCUT2D eigenvalue weighted by atomic mass is 10.1. The predicted octanol–water partition coefficient (Wildman–Crippen LogP) is 2.24. The van der Waals surface area contributed by atoms with Crippen LogP contribution < -0.4 is 15.6 Å². The number of nitrogens with zero attached hydrogens (tertiary/aromatic N) is 4. The second-order valence-corrected chi connectivity index (χ2v) is 7.42. The van der Waals surface area contributed by atoms with Gasteiger partial charge < -0.3 is 9.47 Å². The summed E-state index contributed by atoms with van der Waals surface area (Å²) in [5, 5.41) is 12.5. The van der Waals surface area contributed by atoms with Crippen LogP contribution in [0.25, 0.3) is 11.4 Å². The number of nitrogens with one attached hydrogen (secondary N) is 2. The fourth-order valence-electron chi connectivity index (χ4n) is 3.07. The summed E-state index contributed by atoms with van der Waals surface area (Å²) in [5.41, 5.74) is 6.87. The van der Waals surface area contributed by atoms with Crippen molar-refractivity contribution in [2.75, 3.05) is 19.8 Å². The molecule has 178 valence electrons. The van der Waals surface area contributed by atoms with Crippen molar-refractivity contribution in [1.29, 1.82) is 0 Å². The third-order valence-electron chi connectivity index (χ3n) is 4.81. The molecule has 2 N–H and O–H groups in total. The zero-order valence-corrected chi connectivity index (χ0v) is 18.8. The van der Waals surface area contributed by atoms with E-state index >= 15 is 0 Å². The predicted molar refractivity (Wildman–Crippen MR) is 127 cm³/mol. The van der Waals surface area contributed by atoms with E-state index in [9.17, 15) is 9.59 Å². The molecule has 0 aliphatic carbocycles. The zero-order chi connectivity index (χ0) is 24.3. The molecule has 0 aliphatic heterocycles. The highest BCUT2D eigenvalue weighted by Crippen LogP contribution is 2.13. The van der Waals surface area contributed by atoms with Gasteiger partial charge in [-0.25, -0.2) is 0 Å². The minimum atomic E-state index is -0.471. The zero-order valence-electron chi connectivity index (χ0n) is 18.8. The van der Waals surface area contributed by atoms with E-state index in [1.807, 2.05) is 60.7 Å². The van der Waals surface area contributed by atoms with Gasteiger partial charge in [-0.15, -0.1) is 10.2 Å². The summed E-state index contributed by atoms with van der Waals surface area (Å²) < 4.78 is 10.7. The van der Waals surface area contributed by atoms with Gasteiger partial charge in [-0.1, -0.05) is 60.7 Å². The highest BCUT2D eigenvalue weighted by molar-refractivity contribution is 5.95. The third-order valence-corrected chi connectivity index (χ3v) is 4.81. The van der Waals surface area contributed by atoms with Gasteiger partial charge in [0.25, 0.3) is 11.8 Å². The van der Waals surface area contributed by atoms with Crippen molar-refractivity contribution in [2.24, 2.45) is 0 Å². The van der Waals surface area contributed by atoms with Gasteiger partial charge in [0.05, 0.1) is 13.2 Å². The summed E-state index contributed by atoms with van der Waals surface area (Å²) >= 11 is 0. The van der Waals surface area contributed by atoms with Gasteiger partial charge >= 0.3 is 0 Å². The first-order valence-electron chi connectivity index (χ1n) is 10.9. The average Bonchev–Trinajstić information content (AvgIpc) is 3.37. The van der Waals surface area contributed by atoms with Crippen LogP contribution in [0.1, 0.15) is 15.9 Å². The number of tetrazole rings is 1. The SMILES string of the molecule is O=C(COCCOc1ccccc1)NNC(=O)c1ccc(Cn2nnc(-c3ccccc3)n2)cc1. The molecule has 1 heterocycles. The second kappa shape index (κ2) is 12.1. The molecule has 0 atom stereocenters. The molecule has 1 aromatic heterocycles. The van der Waals surface area contributed by atoms with Gasteiger partial charge in [-0.2, -0.15) is 4.80 Å². The smallest absolute Gasteiger partial charge is 0.269 e. The van der Waals surface area contributed by atoms with Crippen molar-refractivity contribution in [2.45, 2.75) is 6.54 Å². The summed E-state index contributed by atoms with van der Waals surface area (Å²) in [5.74, 6) is 0.363. The topological polar surface area (TPSA) is 120 Å². The van der Waals surface area contributed by atoms with Crippen LogP contribution in [-0.2, 0) is 16.1 Å². The standard InChI is InChI=1S/C25H24N6O4/c32-23(18-34-15-16-35-22-9-5-2-6-10-22)26-28-25(33)21-13-11-19(12-14-21)17-31-29-24(27-30-31)20-7-3-1-4-8-20/h1-14H,15-18H2,(H,26,32)(H,28,33). The molecule has 2 amide bonds. The normalized spacial score (nSPS) is 10.5. The van der Waals surface area contributed by atoms with Crippen molar-refractivity contribution < 1.29 is 19.1 Å². The molecule has 3 aromatic carbocycles. The molecule has 0 saturated carbocycles. The quantitative estimate of drug-likeness (QED) is 0.268. The minimum absolute atomic E-state index is 0.201. The molecular weight excluding hydrogens is 448 g/mol.